The Balaban J connectivity index is 1.25. The molecule has 0 unspecified atom stereocenters. The minimum Gasteiger partial charge on any atom is -0.489 e. The summed E-state index contributed by atoms with van der Waals surface area (Å²) in [6.07, 6.45) is 4.55. The third-order valence-electron chi connectivity index (χ3n) is 7.28. The van der Waals surface area contributed by atoms with Gasteiger partial charge in [0.1, 0.15) is 23.7 Å². The molecule has 0 saturated carbocycles. The normalized spacial score (nSPS) is 17.1. The minimum atomic E-state index is 0.147. The van der Waals surface area contributed by atoms with Crippen molar-refractivity contribution in [3.8, 4) is 23.1 Å². The van der Waals surface area contributed by atoms with Crippen LogP contribution in [-0.2, 0) is 11.2 Å². The van der Waals surface area contributed by atoms with Crippen molar-refractivity contribution in [1.29, 1.82) is 5.26 Å². The number of nitriles is 1. The molecule has 2 fully saturated rings. The molecule has 0 aliphatic carbocycles. The van der Waals surface area contributed by atoms with Gasteiger partial charge in [-0.1, -0.05) is 12.1 Å². The van der Waals surface area contributed by atoms with E-state index in [-0.39, 0.29) is 6.10 Å². The lowest BCUT2D eigenvalue weighted by molar-refractivity contribution is 0.0841. The molecule has 0 bridgehead atoms. The molecule has 2 saturated heterocycles. The number of benzene rings is 2. The lowest BCUT2D eigenvalue weighted by Gasteiger charge is -2.34. The molecule has 5 rings (SSSR count). The highest BCUT2D eigenvalue weighted by Crippen LogP contribution is 2.28. The molecule has 0 spiro atoms. The van der Waals surface area contributed by atoms with E-state index in [1.54, 1.807) is 6.20 Å². The van der Waals surface area contributed by atoms with E-state index >= 15 is 0 Å². The number of ether oxygens (including phenoxy) is 2. The monoisotopic (exact) mass is 497 g/mol. The molecule has 1 aromatic heterocycles. The Bertz CT molecular complexity index is 1220. The summed E-state index contributed by atoms with van der Waals surface area (Å²) < 4.78 is 11.7. The first kappa shape index (κ1) is 25.2. The predicted octanol–water partition coefficient (Wildman–Crippen LogP) is 4.69. The van der Waals surface area contributed by atoms with E-state index in [4.69, 9.17) is 14.5 Å². The van der Waals surface area contributed by atoms with E-state index in [9.17, 15) is 5.26 Å². The second kappa shape index (κ2) is 11.7. The smallest absolute Gasteiger partial charge is 0.137 e. The Hall–Kier alpha value is -3.47. The van der Waals surface area contributed by atoms with Crippen LogP contribution in [0, 0.1) is 11.3 Å². The third kappa shape index (κ3) is 6.27. The average molecular weight is 498 g/mol. The molecular weight excluding hydrogens is 462 g/mol. The fourth-order valence-electron chi connectivity index (χ4n) is 5.04. The van der Waals surface area contributed by atoms with Gasteiger partial charge in [0.2, 0.25) is 0 Å². The highest BCUT2D eigenvalue weighted by Gasteiger charge is 2.23. The van der Waals surface area contributed by atoms with E-state index in [0.717, 1.165) is 69.3 Å². The lowest BCUT2D eigenvalue weighted by atomic mass is 10.0. The van der Waals surface area contributed by atoms with E-state index in [1.165, 1.54) is 11.3 Å². The number of nitrogens with zero attached hydrogens (tertiary/aromatic N) is 5. The molecule has 7 nitrogen and oxygen atoms in total. The Kier molecular flexibility index (Phi) is 7.98. The summed E-state index contributed by atoms with van der Waals surface area (Å²) >= 11 is 0. The summed E-state index contributed by atoms with van der Waals surface area (Å²) in [6, 6.07) is 19.2. The second-order valence-electron chi connectivity index (χ2n) is 10.1. The summed E-state index contributed by atoms with van der Waals surface area (Å²) in [5.41, 5.74) is 4.63. The molecular formula is C30H35N5O2. The van der Waals surface area contributed by atoms with Crippen LogP contribution < -0.4 is 9.64 Å². The maximum Gasteiger partial charge on any atom is 0.137 e. The van der Waals surface area contributed by atoms with E-state index in [0.29, 0.717) is 23.8 Å². The molecule has 2 aliphatic rings. The van der Waals surface area contributed by atoms with Gasteiger partial charge in [-0.3, -0.25) is 0 Å². The number of rotatable bonds is 7. The highest BCUT2D eigenvalue weighted by molar-refractivity contribution is 5.64. The van der Waals surface area contributed by atoms with Crippen LogP contribution in [0.2, 0.25) is 0 Å². The van der Waals surface area contributed by atoms with Crippen LogP contribution in [0.5, 0.6) is 5.75 Å². The largest absolute Gasteiger partial charge is 0.489 e. The number of likely N-dealkylation sites (tertiary alicyclic amines) is 1. The molecule has 3 aromatic rings. The molecule has 0 atom stereocenters. The average Bonchev–Trinajstić information content (AvgIpc) is 2.94. The first-order chi connectivity index (χ1) is 18.1. The van der Waals surface area contributed by atoms with Gasteiger partial charge in [-0.25, -0.2) is 9.97 Å². The van der Waals surface area contributed by atoms with Crippen LogP contribution in [0.15, 0.2) is 54.7 Å². The summed E-state index contributed by atoms with van der Waals surface area (Å²) in [4.78, 5) is 14.1. The minimum absolute atomic E-state index is 0.147. The van der Waals surface area contributed by atoms with Gasteiger partial charge in [0.25, 0.3) is 0 Å². The van der Waals surface area contributed by atoms with E-state index in [1.807, 2.05) is 24.3 Å². The van der Waals surface area contributed by atoms with Crippen molar-refractivity contribution in [2.75, 3.05) is 44.3 Å². The molecule has 192 valence electrons. The second-order valence-corrected chi connectivity index (χ2v) is 10.1. The third-order valence-corrected chi connectivity index (χ3v) is 7.28. The van der Waals surface area contributed by atoms with E-state index < -0.39 is 0 Å². The van der Waals surface area contributed by atoms with Crippen molar-refractivity contribution >= 4 is 5.69 Å². The Labute approximate surface area is 219 Å². The number of morpholine rings is 1. The molecule has 0 radical (unpaired) electrons. The fourth-order valence-corrected chi connectivity index (χ4v) is 5.04. The number of aromatic nitrogens is 2. The maximum absolute atomic E-state index is 9.82. The van der Waals surface area contributed by atoms with Crippen molar-refractivity contribution in [2.24, 2.45) is 0 Å². The lowest BCUT2D eigenvalue weighted by Crippen LogP contribution is -2.41. The number of piperidine rings is 1. The van der Waals surface area contributed by atoms with Crippen molar-refractivity contribution in [2.45, 2.75) is 45.3 Å². The summed E-state index contributed by atoms with van der Waals surface area (Å²) in [5, 5.41) is 9.82. The molecule has 0 N–H and O–H groups in total. The van der Waals surface area contributed by atoms with Gasteiger partial charge < -0.3 is 19.3 Å². The molecule has 37 heavy (non-hydrogen) atoms. The predicted molar refractivity (Wildman–Crippen MR) is 145 cm³/mol. The number of hydrogen-bond donors (Lipinski definition) is 0. The van der Waals surface area contributed by atoms with Crippen molar-refractivity contribution in [1.82, 2.24) is 14.9 Å². The molecule has 2 aromatic carbocycles. The van der Waals surface area contributed by atoms with Gasteiger partial charge in [-0.2, -0.15) is 5.26 Å². The zero-order valence-electron chi connectivity index (χ0n) is 21.8. The van der Waals surface area contributed by atoms with Crippen LogP contribution in [-0.4, -0.2) is 66.4 Å². The van der Waals surface area contributed by atoms with Gasteiger partial charge in [0, 0.05) is 56.1 Å². The summed E-state index contributed by atoms with van der Waals surface area (Å²) in [7, 11) is 0. The number of hydrogen-bond acceptors (Lipinski definition) is 7. The summed E-state index contributed by atoms with van der Waals surface area (Å²) in [6.45, 7) is 9.93. The van der Waals surface area contributed by atoms with Gasteiger partial charge >= 0.3 is 0 Å². The molecule has 3 heterocycles. The van der Waals surface area contributed by atoms with Crippen LogP contribution >= 0.6 is 0 Å². The molecule has 7 heteroatoms. The fraction of sp³-hybridized carbons (Fsp3) is 0.433. The highest BCUT2D eigenvalue weighted by atomic mass is 16.5. The van der Waals surface area contributed by atoms with Crippen LogP contribution in [0.4, 0.5) is 5.69 Å². The SMILES string of the molecule is CC(C)N1CCC(Oc2ccc(-c3ccnc(Cc4ccc(N5CCOCC5)cc4)n3)cc2C#N)CC1. The van der Waals surface area contributed by atoms with Crippen LogP contribution in [0.1, 0.15) is 43.6 Å². The molecule has 2 aliphatic heterocycles. The van der Waals surface area contributed by atoms with Gasteiger partial charge in [-0.05, 0) is 68.7 Å². The van der Waals surface area contributed by atoms with E-state index in [2.05, 4.69) is 59.0 Å². The van der Waals surface area contributed by atoms with Crippen molar-refractivity contribution in [3.05, 3.63) is 71.7 Å². The Morgan fingerprint density at radius 2 is 1.78 bits per heavy atom. The quantitative estimate of drug-likeness (QED) is 0.469. The first-order valence-corrected chi connectivity index (χ1v) is 13.3. The summed E-state index contributed by atoms with van der Waals surface area (Å²) in [5.74, 6) is 1.41. The standard InChI is InChI=1S/C30H35N5O2/c1-22(2)34-13-10-27(11-14-34)37-29-8-5-24(20-25(29)21-31)28-9-12-32-30(33-28)19-23-3-6-26(7-4-23)35-15-17-36-18-16-35/h3-9,12,20,22,27H,10-11,13-19H2,1-2H3. The molecule has 0 amide bonds. The topological polar surface area (TPSA) is 74.5 Å². The maximum atomic E-state index is 9.82. The van der Waals surface area contributed by atoms with Gasteiger partial charge in [-0.15, -0.1) is 0 Å². The van der Waals surface area contributed by atoms with Crippen LogP contribution in [0.25, 0.3) is 11.3 Å². The van der Waals surface area contributed by atoms with Crippen molar-refractivity contribution < 1.29 is 9.47 Å². The zero-order chi connectivity index (χ0) is 25.6. The van der Waals surface area contributed by atoms with Crippen molar-refractivity contribution in [3.63, 3.8) is 0 Å². The van der Waals surface area contributed by atoms with Crippen LogP contribution in [0.3, 0.4) is 0 Å². The Morgan fingerprint density at radius 1 is 1.03 bits per heavy atom. The number of anilines is 1. The van der Waals surface area contributed by atoms with Gasteiger partial charge in [0.05, 0.1) is 24.5 Å². The zero-order valence-corrected chi connectivity index (χ0v) is 21.8. The Morgan fingerprint density at radius 3 is 2.49 bits per heavy atom. The first-order valence-electron chi connectivity index (χ1n) is 13.3. The van der Waals surface area contributed by atoms with Gasteiger partial charge in [0.15, 0.2) is 0 Å².